The van der Waals surface area contributed by atoms with Gasteiger partial charge >= 0.3 is 0 Å². The minimum absolute atomic E-state index is 0.0278. The van der Waals surface area contributed by atoms with Gasteiger partial charge in [0.2, 0.25) is 11.2 Å². The van der Waals surface area contributed by atoms with Crippen molar-refractivity contribution in [2.75, 3.05) is 0 Å². The van der Waals surface area contributed by atoms with E-state index in [1.807, 2.05) is 6.07 Å². The zero-order valence-corrected chi connectivity index (χ0v) is 13.4. The van der Waals surface area contributed by atoms with Gasteiger partial charge in [-0.05, 0) is 42.5 Å². The first-order valence-electron chi connectivity index (χ1n) is 8.57. The molecule has 1 aliphatic heterocycles. The monoisotopic (exact) mass is 324 g/mol. The molecule has 4 rings (SSSR count). The van der Waals surface area contributed by atoms with Crippen LogP contribution in [0, 0.1) is 0 Å². The fourth-order valence-corrected chi connectivity index (χ4v) is 3.97. The Balaban J connectivity index is 2.09. The van der Waals surface area contributed by atoms with Crippen LogP contribution in [-0.2, 0) is 0 Å². The molecule has 0 atom stereocenters. The molecule has 0 radical (unpaired) electrons. The highest BCUT2D eigenvalue weighted by atomic mass is 16.4. The summed E-state index contributed by atoms with van der Waals surface area (Å²) in [6, 6.07) is 8.45. The van der Waals surface area contributed by atoms with Crippen LogP contribution in [0.2, 0.25) is 0 Å². The largest absolute Gasteiger partial charge is 0.504 e. The van der Waals surface area contributed by atoms with E-state index < -0.39 is 5.43 Å². The summed E-state index contributed by atoms with van der Waals surface area (Å²) in [6.45, 7) is 0. The Bertz CT molecular complexity index is 917. The third kappa shape index (κ3) is 2.33. The van der Waals surface area contributed by atoms with Crippen molar-refractivity contribution >= 4 is 11.0 Å². The third-order valence-corrected chi connectivity index (χ3v) is 5.14. The summed E-state index contributed by atoms with van der Waals surface area (Å²) >= 11 is 0. The van der Waals surface area contributed by atoms with E-state index in [1.165, 1.54) is 31.7 Å². The van der Waals surface area contributed by atoms with Crippen LogP contribution in [0.15, 0.2) is 39.5 Å². The first kappa shape index (κ1) is 15.1. The van der Waals surface area contributed by atoms with Crippen molar-refractivity contribution in [1.29, 1.82) is 0 Å². The van der Waals surface area contributed by atoms with Crippen LogP contribution >= 0.6 is 0 Å². The Morgan fingerprint density at radius 3 is 2.46 bits per heavy atom. The van der Waals surface area contributed by atoms with E-state index in [0.29, 0.717) is 11.5 Å². The maximum atomic E-state index is 11.8. The topological polar surface area (TPSA) is 70.7 Å². The predicted octanol–water partition coefficient (Wildman–Crippen LogP) is 4.75. The lowest BCUT2D eigenvalue weighted by Crippen LogP contribution is -2.06. The molecule has 2 N–H and O–H groups in total. The summed E-state index contributed by atoms with van der Waals surface area (Å²) in [4.78, 5) is 11.8. The van der Waals surface area contributed by atoms with Crippen molar-refractivity contribution in [3.63, 3.8) is 0 Å². The highest BCUT2D eigenvalue weighted by Crippen LogP contribution is 2.46. The molecule has 1 heterocycles. The lowest BCUT2D eigenvalue weighted by molar-refractivity contribution is 0.439. The molecule has 1 aromatic carbocycles. The SMILES string of the molecule is O=c1ccc2c(C3CCCCCC3)c3cccc(O)c3oc-2c1O. The average Bonchev–Trinajstić information content (AvgIpc) is 2.86. The second kappa shape index (κ2) is 5.86. The molecule has 0 unspecified atom stereocenters. The Labute approximate surface area is 139 Å². The second-order valence-corrected chi connectivity index (χ2v) is 6.65. The van der Waals surface area contributed by atoms with Crippen LogP contribution in [0.1, 0.15) is 50.0 Å². The summed E-state index contributed by atoms with van der Waals surface area (Å²) in [5.74, 6) is 0.163. The zero-order chi connectivity index (χ0) is 16.7. The van der Waals surface area contributed by atoms with Crippen LogP contribution in [0.3, 0.4) is 0 Å². The third-order valence-electron chi connectivity index (χ3n) is 5.14. The Kier molecular flexibility index (Phi) is 3.68. The predicted molar refractivity (Wildman–Crippen MR) is 92.9 cm³/mol. The van der Waals surface area contributed by atoms with E-state index in [1.54, 1.807) is 18.2 Å². The first-order valence-corrected chi connectivity index (χ1v) is 8.57. The molecule has 1 aromatic rings. The van der Waals surface area contributed by atoms with Gasteiger partial charge in [0.25, 0.3) is 0 Å². The molecule has 1 fully saturated rings. The number of aromatic hydroxyl groups is 2. The zero-order valence-electron chi connectivity index (χ0n) is 13.4. The fraction of sp³-hybridized carbons (Fsp3) is 0.350. The average molecular weight is 324 g/mol. The van der Waals surface area contributed by atoms with Crippen LogP contribution < -0.4 is 5.43 Å². The van der Waals surface area contributed by atoms with Gasteiger partial charge in [0.05, 0.1) is 0 Å². The van der Waals surface area contributed by atoms with E-state index in [2.05, 4.69) is 0 Å². The minimum atomic E-state index is -0.465. The van der Waals surface area contributed by atoms with E-state index in [4.69, 9.17) is 4.42 Å². The molecule has 0 bridgehead atoms. The molecule has 0 aromatic heterocycles. The lowest BCUT2D eigenvalue weighted by atomic mass is 9.84. The fourth-order valence-electron chi connectivity index (χ4n) is 3.97. The molecule has 3 aliphatic rings. The van der Waals surface area contributed by atoms with Crippen LogP contribution in [0.25, 0.3) is 22.3 Å². The maximum absolute atomic E-state index is 11.8. The van der Waals surface area contributed by atoms with Crippen molar-refractivity contribution in [1.82, 2.24) is 0 Å². The summed E-state index contributed by atoms with van der Waals surface area (Å²) in [7, 11) is 0. The lowest BCUT2D eigenvalue weighted by Gasteiger charge is -2.22. The van der Waals surface area contributed by atoms with E-state index in [-0.39, 0.29) is 17.3 Å². The number of hydrogen-bond acceptors (Lipinski definition) is 4. The number of hydrogen-bond donors (Lipinski definition) is 2. The van der Waals surface area contributed by atoms with Gasteiger partial charge in [-0.3, -0.25) is 4.79 Å². The molecular weight excluding hydrogens is 304 g/mol. The summed E-state index contributed by atoms with van der Waals surface area (Å²) < 4.78 is 5.75. The van der Waals surface area contributed by atoms with Crippen LogP contribution in [0.5, 0.6) is 11.5 Å². The number of fused-ring (bicyclic) bond motifs is 2. The molecule has 24 heavy (non-hydrogen) atoms. The van der Waals surface area contributed by atoms with Gasteiger partial charge in [-0.2, -0.15) is 0 Å². The maximum Gasteiger partial charge on any atom is 0.224 e. The Hall–Kier alpha value is -2.49. The van der Waals surface area contributed by atoms with Crippen molar-refractivity contribution in [3.8, 4) is 22.8 Å². The highest BCUT2D eigenvalue weighted by Gasteiger charge is 2.26. The number of rotatable bonds is 1. The first-order chi connectivity index (χ1) is 11.7. The quantitative estimate of drug-likeness (QED) is 0.501. The van der Waals surface area contributed by atoms with Crippen molar-refractivity contribution < 1.29 is 14.6 Å². The van der Waals surface area contributed by atoms with Gasteiger partial charge in [-0.1, -0.05) is 37.8 Å². The molecule has 124 valence electrons. The van der Waals surface area contributed by atoms with Gasteiger partial charge in [0, 0.05) is 10.9 Å². The number of phenolic OH excluding ortho intramolecular Hbond substituents is 2. The standard InChI is InChI=1S/C20H20O4/c21-15-11-10-14-17(12-6-3-1-2-4-7-12)13-8-5-9-16(22)19(13)24-20(14)18(15)23/h5,8-12,22-23H,1-4,6-7H2. The van der Waals surface area contributed by atoms with Crippen LogP contribution in [0.4, 0.5) is 0 Å². The van der Waals surface area contributed by atoms with E-state index in [9.17, 15) is 15.0 Å². The minimum Gasteiger partial charge on any atom is -0.504 e. The molecule has 0 saturated heterocycles. The van der Waals surface area contributed by atoms with Gasteiger partial charge < -0.3 is 14.6 Å². The van der Waals surface area contributed by atoms with Gasteiger partial charge in [-0.25, -0.2) is 0 Å². The molecule has 2 aliphatic carbocycles. The van der Waals surface area contributed by atoms with Gasteiger partial charge in [0.15, 0.2) is 17.1 Å². The Morgan fingerprint density at radius 1 is 0.958 bits per heavy atom. The summed E-state index contributed by atoms with van der Waals surface area (Å²) in [6.07, 6.45) is 6.97. The summed E-state index contributed by atoms with van der Waals surface area (Å²) in [5.41, 5.74) is 1.73. The van der Waals surface area contributed by atoms with Crippen LogP contribution in [-0.4, -0.2) is 10.2 Å². The normalized spacial score (nSPS) is 16.5. The molecule has 0 spiro atoms. The molecule has 0 amide bonds. The van der Waals surface area contributed by atoms with Crippen molar-refractivity contribution in [2.45, 2.75) is 44.4 Å². The number of phenols is 2. The smallest absolute Gasteiger partial charge is 0.224 e. The van der Waals surface area contributed by atoms with E-state index >= 15 is 0 Å². The van der Waals surface area contributed by atoms with E-state index in [0.717, 1.165) is 29.4 Å². The molecule has 4 nitrogen and oxygen atoms in total. The second-order valence-electron chi connectivity index (χ2n) is 6.65. The highest BCUT2D eigenvalue weighted by molar-refractivity contribution is 5.92. The van der Waals surface area contributed by atoms with Gasteiger partial charge in [-0.15, -0.1) is 0 Å². The molecule has 4 heteroatoms. The van der Waals surface area contributed by atoms with Crippen molar-refractivity contribution in [2.24, 2.45) is 0 Å². The molecular formula is C20H20O4. The number of para-hydroxylation sites is 1. The van der Waals surface area contributed by atoms with Crippen molar-refractivity contribution in [3.05, 3.63) is 46.1 Å². The Morgan fingerprint density at radius 2 is 1.71 bits per heavy atom. The number of benzene rings is 2. The summed E-state index contributed by atoms with van der Waals surface area (Å²) in [5, 5.41) is 21.3. The van der Waals surface area contributed by atoms with Gasteiger partial charge in [0.1, 0.15) is 0 Å². The molecule has 1 saturated carbocycles.